The lowest BCUT2D eigenvalue weighted by Crippen LogP contribution is -2.33. The van der Waals surface area contributed by atoms with Crippen molar-refractivity contribution >= 4 is 10.9 Å². The smallest absolute Gasteiger partial charge is 0.252 e. The normalized spacial score (nSPS) is 15.6. The van der Waals surface area contributed by atoms with Crippen LogP contribution in [0, 0.1) is 13.8 Å². The molecule has 0 bridgehead atoms. The fourth-order valence-electron chi connectivity index (χ4n) is 5.52. The zero-order chi connectivity index (χ0) is 25.1. The number of hydrogen-bond acceptors (Lipinski definition) is 5. The van der Waals surface area contributed by atoms with E-state index >= 15 is 0 Å². The average molecular weight is 485 g/mol. The van der Waals surface area contributed by atoms with Crippen molar-refractivity contribution in [2.24, 2.45) is 0 Å². The molecule has 2 aromatic heterocycles. The molecular formula is C29H36N6O. The Bertz CT molecular complexity index is 1370. The fraction of sp³-hybridized carbons (Fsp3) is 0.448. The van der Waals surface area contributed by atoms with Gasteiger partial charge in [0.15, 0.2) is 5.82 Å². The molecule has 36 heavy (non-hydrogen) atoms. The van der Waals surface area contributed by atoms with E-state index in [2.05, 4.69) is 81.2 Å². The highest BCUT2D eigenvalue weighted by Crippen LogP contribution is 2.32. The summed E-state index contributed by atoms with van der Waals surface area (Å²) in [5, 5.41) is 14.2. The van der Waals surface area contributed by atoms with E-state index in [1.807, 2.05) is 18.2 Å². The quantitative estimate of drug-likeness (QED) is 0.342. The molecule has 1 atom stereocenters. The summed E-state index contributed by atoms with van der Waals surface area (Å²) < 4.78 is 2.07. The molecule has 188 valence electrons. The Labute approximate surface area is 212 Å². The zero-order valence-corrected chi connectivity index (χ0v) is 21.6. The third-order valence-electron chi connectivity index (χ3n) is 7.52. The Morgan fingerprint density at radius 2 is 1.75 bits per heavy atom. The van der Waals surface area contributed by atoms with Crippen molar-refractivity contribution in [1.82, 2.24) is 30.1 Å². The fourth-order valence-corrected chi connectivity index (χ4v) is 5.52. The maximum atomic E-state index is 13.1. The predicted molar refractivity (Wildman–Crippen MR) is 143 cm³/mol. The van der Waals surface area contributed by atoms with E-state index in [1.165, 1.54) is 36.0 Å². The molecule has 7 nitrogen and oxygen atoms in total. The maximum absolute atomic E-state index is 13.1. The minimum Gasteiger partial charge on any atom is -0.322 e. The molecule has 2 aromatic carbocycles. The molecule has 0 radical (unpaired) electrons. The van der Waals surface area contributed by atoms with Gasteiger partial charge in [-0.1, -0.05) is 67.6 Å². The standard InChI is InChI=1S/C29H36N6O/c1-4-27(28-31-32-33-35(28)25-8-6-5-7-9-25)34(18-22-13-10-20(2)11-14-22)19-24-17-23-16-21(3)12-15-26(23)30-29(24)36/h10-17,25,27H,4-9,18-19H2,1-3H3,(H,30,36)/t27-/m0/s1. The third-order valence-corrected chi connectivity index (χ3v) is 7.52. The summed E-state index contributed by atoms with van der Waals surface area (Å²) >= 11 is 0. The lowest BCUT2D eigenvalue weighted by molar-refractivity contribution is 0.155. The number of pyridine rings is 1. The van der Waals surface area contributed by atoms with Gasteiger partial charge in [-0.2, -0.15) is 0 Å². The first-order chi connectivity index (χ1) is 17.5. The second-order valence-electron chi connectivity index (χ2n) is 10.3. The molecule has 0 saturated heterocycles. The maximum Gasteiger partial charge on any atom is 0.252 e. The predicted octanol–water partition coefficient (Wildman–Crippen LogP) is 5.79. The first kappa shape index (κ1) is 24.4. The highest BCUT2D eigenvalue weighted by molar-refractivity contribution is 5.79. The van der Waals surface area contributed by atoms with E-state index < -0.39 is 0 Å². The molecule has 0 amide bonds. The van der Waals surface area contributed by atoms with Gasteiger partial charge in [0, 0.05) is 24.2 Å². The molecular weight excluding hydrogens is 448 g/mol. The Kier molecular flexibility index (Phi) is 7.28. The number of nitrogens with one attached hydrogen (secondary N) is 1. The van der Waals surface area contributed by atoms with Gasteiger partial charge in [0.05, 0.1) is 12.1 Å². The number of aryl methyl sites for hydroxylation is 2. The molecule has 0 aliphatic heterocycles. The van der Waals surface area contributed by atoms with Crippen molar-refractivity contribution in [3.05, 3.63) is 87.0 Å². The van der Waals surface area contributed by atoms with Crippen LogP contribution >= 0.6 is 0 Å². The van der Waals surface area contributed by atoms with E-state index in [1.54, 1.807) is 0 Å². The van der Waals surface area contributed by atoms with Crippen LogP contribution in [0.15, 0.2) is 53.3 Å². The first-order valence-electron chi connectivity index (χ1n) is 13.2. The van der Waals surface area contributed by atoms with Gasteiger partial charge in [0.2, 0.25) is 0 Å². The van der Waals surface area contributed by atoms with Crippen molar-refractivity contribution in [2.45, 2.75) is 84.5 Å². The number of H-pyrrole nitrogens is 1. The van der Waals surface area contributed by atoms with Gasteiger partial charge in [-0.05, 0) is 72.7 Å². The summed E-state index contributed by atoms with van der Waals surface area (Å²) in [6, 6.07) is 17.2. The summed E-state index contributed by atoms with van der Waals surface area (Å²) in [5.74, 6) is 0.907. The average Bonchev–Trinajstić information content (AvgIpc) is 3.36. The minimum absolute atomic E-state index is 0.00386. The van der Waals surface area contributed by atoms with Gasteiger partial charge in [-0.25, -0.2) is 4.68 Å². The van der Waals surface area contributed by atoms with E-state index in [-0.39, 0.29) is 11.6 Å². The van der Waals surface area contributed by atoms with E-state index in [0.717, 1.165) is 41.6 Å². The van der Waals surface area contributed by atoms with Crippen molar-refractivity contribution in [2.75, 3.05) is 0 Å². The molecule has 1 aliphatic carbocycles. The zero-order valence-electron chi connectivity index (χ0n) is 21.6. The Morgan fingerprint density at radius 1 is 1.00 bits per heavy atom. The van der Waals surface area contributed by atoms with E-state index in [0.29, 0.717) is 19.1 Å². The molecule has 1 aliphatic rings. The van der Waals surface area contributed by atoms with Crippen LogP contribution in [0.1, 0.15) is 85.6 Å². The highest BCUT2D eigenvalue weighted by atomic mass is 16.1. The SMILES string of the molecule is CC[C@@H](c1nnnn1C1CCCCC1)N(Cc1ccc(C)cc1)Cc1cc2cc(C)ccc2[nH]c1=O. The van der Waals surface area contributed by atoms with Crippen LogP contribution in [0.3, 0.4) is 0 Å². The topological polar surface area (TPSA) is 79.7 Å². The molecule has 1 N–H and O–H groups in total. The Hall–Kier alpha value is -3.32. The molecule has 2 heterocycles. The van der Waals surface area contributed by atoms with Gasteiger partial charge < -0.3 is 4.98 Å². The minimum atomic E-state index is -0.0398. The molecule has 0 unspecified atom stereocenters. The van der Waals surface area contributed by atoms with Crippen LogP contribution < -0.4 is 5.56 Å². The van der Waals surface area contributed by atoms with Crippen molar-refractivity contribution in [3.8, 4) is 0 Å². The summed E-state index contributed by atoms with van der Waals surface area (Å²) in [6.07, 6.45) is 6.82. The Morgan fingerprint density at radius 3 is 2.50 bits per heavy atom. The molecule has 5 rings (SSSR count). The highest BCUT2D eigenvalue weighted by Gasteiger charge is 2.29. The van der Waals surface area contributed by atoms with Crippen LogP contribution in [-0.4, -0.2) is 30.1 Å². The van der Waals surface area contributed by atoms with Gasteiger partial charge in [0.1, 0.15) is 0 Å². The van der Waals surface area contributed by atoms with Crippen molar-refractivity contribution < 1.29 is 0 Å². The van der Waals surface area contributed by atoms with Gasteiger partial charge in [-0.15, -0.1) is 5.10 Å². The lowest BCUT2D eigenvalue weighted by Gasteiger charge is -2.32. The molecule has 4 aromatic rings. The largest absolute Gasteiger partial charge is 0.322 e. The van der Waals surface area contributed by atoms with Crippen molar-refractivity contribution in [3.63, 3.8) is 0 Å². The van der Waals surface area contributed by atoms with Gasteiger partial charge >= 0.3 is 0 Å². The number of fused-ring (bicyclic) bond motifs is 1. The lowest BCUT2D eigenvalue weighted by atomic mass is 9.95. The molecule has 1 fully saturated rings. The number of tetrazole rings is 1. The van der Waals surface area contributed by atoms with Crippen LogP contribution in [0.25, 0.3) is 10.9 Å². The summed E-state index contributed by atoms with van der Waals surface area (Å²) in [6.45, 7) is 7.59. The number of hydrogen-bond donors (Lipinski definition) is 1. The summed E-state index contributed by atoms with van der Waals surface area (Å²) in [5.41, 5.74) is 5.21. The summed E-state index contributed by atoms with van der Waals surface area (Å²) in [4.78, 5) is 18.6. The first-order valence-corrected chi connectivity index (χ1v) is 13.2. The van der Waals surface area contributed by atoms with Crippen LogP contribution in [0.5, 0.6) is 0 Å². The second kappa shape index (κ2) is 10.7. The molecule has 0 spiro atoms. The van der Waals surface area contributed by atoms with Crippen LogP contribution in [-0.2, 0) is 13.1 Å². The third kappa shape index (κ3) is 5.26. The van der Waals surface area contributed by atoms with E-state index in [4.69, 9.17) is 0 Å². The van der Waals surface area contributed by atoms with Gasteiger partial charge in [-0.3, -0.25) is 9.69 Å². The number of benzene rings is 2. The molecule has 1 saturated carbocycles. The van der Waals surface area contributed by atoms with E-state index in [9.17, 15) is 4.79 Å². The number of aromatic nitrogens is 5. The second-order valence-corrected chi connectivity index (χ2v) is 10.3. The van der Waals surface area contributed by atoms with Crippen molar-refractivity contribution in [1.29, 1.82) is 0 Å². The summed E-state index contributed by atoms with van der Waals surface area (Å²) in [7, 11) is 0. The van der Waals surface area contributed by atoms with Gasteiger partial charge in [0.25, 0.3) is 5.56 Å². The van der Waals surface area contributed by atoms with Crippen LogP contribution in [0.2, 0.25) is 0 Å². The number of rotatable bonds is 8. The van der Waals surface area contributed by atoms with Crippen LogP contribution in [0.4, 0.5) is 0 Å². The number of aromatic amines is 1. The monoisotopic (exact) mass is 484 g/mol. The molecule has 7 heteroatoms. The number of nitrogens with zero attached hydrogens (tertiary/aromatic N) is 5. The Balaban J connectivity index is 1.53.